The number of nitrogens with one attached hydrogen (secondary N) is 2. The molecular formula is C18H23N3OS. The SMILES string of the molecule is S=C(NCCCCCCOc1ccccc1)Nc1ccncc1. The first-order valence-corrected chi connectivity index (χ1v) is 8.38. The Kier molecular flexibility index (Phi) is 7.91. The Labute approximate surface area is 143 Å². The Bertz CT molecular complexity index is 563. The van der Waals surface area contributed by atoms with Gasteiger partial charge in [0.25, 0.3) is 0 Å². The van der Waals surface area contributed by atoms with E-state index in [4.69, 9.17) is 17.0 Å². The molecule has 0 unspecified atom stereocenters. The van der Waals surface area contributed by atoms with Gasteiger partial charge in [-0.2, -0.15) is 0 Å². The lowest BCUT2D eigenvalue weighted by Gasteiger charge is -2.10. The fourth-order valence-corrected chi connectivity index (χ4v) is 2.32. The fourth-order valence-electron chi connectivity index (χ4n) is 2.10. The zero-order valence-corrected chi connectivity index (χ0v) is 14.0. The predicted molar refractivity (Wildman–Crippen MR) is 98.9 cm³/mol. The van der Waals surface area contributed by atoms with Crippen LogP contribution in [0.15, 0.2) is 54.9 Å². The molecule has 1 aromatic carbocycles. The van der Waals surface area contributed by atoms with Gasteiger partial charge in [-0.3, -0.25) is 4.98 Å². The summed E-state index contributed by atoms with van der Waals surface area (Å²) in [4.78, 5) is 3.97. The quantitative estimate of drug-likeness (QED) is 0.538. The number of hydrogen-bond acceptors (Lipinski definition) is 3. The third-order valence-corrected chi connectivity index (χ3v) is 3.55. The zero-order chi connectivity index (χ0) is 16.2. The van der Waals surface area contributed by atoms with E-state index in [0.29, 0.717) is 5.11 Å². The van der Waals surface area contributed by atoms with E-state index in [1.54, 1.807) is 12.4 Å². The molecule has 0 radical (unpaired) electrons. The first-order valence-electron chi connectivity index (χ1n) is 7.97. The van der Waals surface area contributed by atoms with Crippen LogP contribution in [-0.2, 0) is 0 Å². The first kappa shape index (κ1) is 17.2. The minimum atomic E-state index is 0.656. The zero-order valence-electron chi connectivity index (χ0n) is 13.2. The predicted octanol–water partition coefficient (Wildman–Crippen LogP) is 4.01. The molecular weight excluding hydrogens is 306 g/mol. The van der Waals surface area contributed by atoms with Crippen molar-refractivity contribution in [1.82, 2.24) is 10.3 Å². The van der Waals surface area contributed by atoms with Gasteiger partial charge in [0.05, 0.1) is 6.61 Å². The largest absolute Gasteiger partial charge is 0.494 e. The number of benzene rings is 1. The number of aromatic nitrogens is 1. The summed E-state index contributed by atoms with van der Waals surface area (Å²) in [5, 5.41) is 7.00. The highest BCUT2D eigenvalue weighted by Gasteiger charge is 1.97. The highest BCUT2D eigenvalue weighted by atomic mass is 32.1. The van der Waals surface area contributed by atoms with E-state index in [2.05, 4.69) is 15.6 Å². The topological polar surface area (TPSA) is 46.2 Å². The molecule has 23 heavy (non-hydrogen) atoms. The number of hydrogen-bond donors (Lipinski definition) is 2. The molecule has 0 fully saturated rings. The maximum atomic E-state index is 5.67. The molecule has 0 aliphatic rings. The van der Waals surface area contributed by atoms with Crippen molar-refractivity contribution in [3.05, 3.63) is 54.9 Å². The fraction of sp³-hybridized carbons (Fsp3) is 0.333. The summed E-state index contributed by atoms with van der Waals surface area (Å²) in [6.07, 6.45) is 7.99. The van der Waals surface area contributed by atoms with Crippen molar-refractivity contribution in [2.45, 2.75) is 25.7 Å². The smallest absolute Gasteiger partial charge is 0.170 e. The van der Waals surface area contributed by atoms with Crippen LogP contribution in [0.5, 0.6) is 5.75 Å². The molecule has 1 heterocycles. The number of anilines is 1. The normalized spacial score (nSPS) is 10.1. The Hall–Kier alpha value is -2.14. The first-order chi connectivity index (χ1) is 11.3. The van der Waals surface area contributed by atoms with Crippen LogP contribution >= 0.6 is 12.2 Å². The summed E-state index contributed by atoms with van der Waals surface area (Å²) in [5.41, 5.74) is 0.954. The van der Waals surface area contributed by atoms with Crippen molar-refractivity contribution in [2.75, 3.05) is 18.5 Å². The van der Waals surface area contributed by atoms with Gasteiger partial charge in [-0.05, 0) is 49.3 Å². The second-order valence-corrected chi connectivity index (χ2v) is 5.60. The summed E-state index contributed by atoms with van der Waals surface area (Å²) in [5.74, 6) is 0.946. The number of thiocarbonyl (C=S) groups is 1. The third-order valence-electron chi connectivity index (χ3n) is 3.31. The van der Waals surface area contributed by atoms with Gasteiger partial charge in [0, 0.05) is 24.6 Å². The van der Waals surface area contributed by atoms with Crippen LogP contribution < -0.4 is 15.4 Å². The lowest BCUT2D eigenvalue weighted by atomic mass is 10.2. The van der Waals surface area contributed by atoms with E-state index in [9.17, 15) is 0 Å². The average molecular weight is 329 g/mol. The molecule has 0 aliphatic heterocycles. The number of para-hydroxylation sites is 1. The second-order valence-electron chi connectivity index (χ2n) is 5.19. The summed E-state index contributed by atoms with van der Waals surface area (Å²) in [6, 6.07) is 13.7. The maximum absolute atomic E-state index is 5.67. The summed E-state index contributed by atoms with van der Waals surface area (Å²) >= 11 is 5.25. The molecule has 2 rings (SSSR count). The van der Waals surface area contributed by atoms with Crippen molar-refractivity contribution >= 4 is 23.0 Å². The molecule has 0 aliphatic carbocycles. The van der Waals surface area contributed by atoms with Crippen LogP contribution in [0.3, 0.4) is 0 Å². The van der Waals surface area contributed by atoms with E-state index in [-0.39, 0.29) is 0 Å². The van der Waals surface area contributed by atoms with E-state index in [0.717, 1.165) is 37.4 Å². The highest BCUT2D eigenvalue weighted by molar-refractivity contribution is 7.80. The second kappa shape index (κ2) is 10.6. The molecule has 5 heteroatoms. The monoisotopic (exact) mass is 329 g/mol. The van der Waals surface area contributed by atoms with Gasteiger partial charge in [-0.15, -0.1) is 0 Å². The maximum Gasteiger partial charge on any atom is 0.170 e. The molecule has 2 aromatic rings. The van der Waals surface area contributed by atoms with Crippen LogP contribution in [0.2, 0.25) is 0 Å². The van der Waals surface area contributed by atoms with Crippen molar-refractivity contribution in [3.63, 3.8) is 0 Å². The van der Waals surface area contributed by atoms with E-state index >= 15 is 0 Å². The van der Waals surface area contributed by atoms with Gasteiger partial charge >= 0.3 is 0 Å². The van der Waals surface area contributed by atoms with E-state index < -0.39 is 0 Å². The van der Waals surface area contributed by atoms with E-state index in [1.165, 1.54) is 12.8 Å². The minimum Gasteiger partial charge on any atom is -0.494 e. The molecule has 122 valence electrons. The van der Waals surface area contributed by atoms with Crippen LogP contribution in [0.25, 0.3) is 0 Å². The molecule has 0 saturated heterocycles. The average Bonchev–Trinajstić information content (AvgIpc) is 2.59. The molecule has 2 N–H and O–H groups in total. The lowest BCUT2D eigenvalue weighted by molar-refractivity contribution is 0.304. The van der Waals surface area contributed by atoms with Crippen LogP contribution in [0, 0.1) is 0 Å². The third kappa shape index (κ3) is 7.61. The van der Waals surface area contributed by atoms with Crippen LogP contribution in [-0.4, -0.2) is 23.2 Å². The Morgan fingerprint density at radius 1 is 0.957 bits per heavy atom. The summed E-state index contributed by atoms with van der Waals surface area (Å²) < 4.78 is 5.67. The number of pyridine rings is 1. The van der Waals surface area contributed by atoms with Gasteiger partial charge in [0.1, 0.15) is 5.75 Å². The molecule has 4 nitrogen and oxygen atoms in total. The standard InChI is InChI=1S/C18H23N3OS/c23-18(21-16-10-13-19-14-11-16)20-12-6-1-2-7-15-22-17-8-4-3-5-9-17/h3-5,8-11,13-14H,1-2,6-7,12,15H2,(H2,19,20,21,23). The molecule has 0 bridgehead atoms. The van der Waals surface area contributed by atoms with Crippen molar-refractivity contribution in [2.24, 2.45) is 0 Å². The van der Waals surface area contributed by atoms with Crippen molar-refractivity contribution < 1.29 is 4.74 Å². The number of unbranched alkanes of at least 4 members (excludes halogenated alkanes) is 3. The summed E-state index contributed by atoms with van der Waals surface area (Å²) in [6.45, 7) is 1.66. The summed E-state index contributed by atoms with van der Waals surface area (Å²) in [7, 11) is 0. The van der Waals surface area contributed by atoms with Crippen LogP contribution in [0.4, 0.5) is 5.69 Å². The number of rotatable bonds is 9. The highest BCUT2D eigenvalue weighted by Crippen LogP contribution is 2.09. The van der Waals surface area contributed by atoms with Crippen molar-refractivity contribution in [3.8, 4) is 5.75 Å². The Morgan fingerprint density at radius 3 is 2.48 bits per heavy atom. The number of ether oxygens (including phenoxy) is 1. The molecule has 0 spiro atoms. The molecule has 0 saturated carbocycles. The van der Waals surface area contributed by atoms with Gasteiger partial charge in [-0.25, -0.2) is 0 Å². The van der Waals surface area contributed by atoms with Gasteiger partial charge in [0.2, 0.25) is 0 Å². The Balaban J connectivity index is 1.44. The molecule has 0 atom stereocenters. The van der Waals surface area contributed by atoms with Crippen molar-refractivity contribution in [1.29, 1.82) is 0 Å². The lowest BCUT2D eigenvalue weighted by Crippen LogP contribution is -2.29. The molecule has 0 amide bonds. The Morgan fingerprint density at radius 2 is 1.70 bits per heavy atom. The number of nitrogens with zero attached hydrogens (tertiary/aromatic N) is 1. The minimum absolute atomic E-state index is 0.656. The van der Waals surface area contributed by atoms with Gasteiger partial charge in [-0.1, -0.05) is 31.0 Å². The molecule has 1 aromatic heterocycles. The van der Waals surface area contributed by atoms with Crippen LogP contribution in [0.1, 0.15) is 25.7 Å². The van der Waals surface area contributed by atoms with Gasteiger partial charge < -0.3 is 15.4 Å². The van der Waals surface area contributed by atoms with Gasteiger partial charge in [0.15, 0.2) is 5.11 Å². The van der Waals surface area contributed by atoms with E-state index in [1.807, 2.05) is 42.5 Å².